The number of ether oxygens (including phenoxy) is 1. The first kappa shape index (κ1) is 20.0. The molecule has 2 aromatic rings. The molecule has 1 atom stereocenters. The van der Waals surface area contributed by atoms with E-state index in [4.69, 9.17) is 16.3 Å². The second kappa shape index (κ2) is 10.00. The number of Topliss-reactive ketones (excluding diaryl/α,β-unsaturated/α-hetero) is 1. The van der Waals surface area contributed by atoms with Crippen molar-refractivity contribution in [2.75, 3.05) is 45.9 Å². The van der Waals surface area contributed by atoms with Crippen molar-refractivity contribution < 1.29 is 9.53 Å². The molecule has 0 saturated carbocycles. The number of nitrogens with zero attached hydrogens (tertiary/aromatic N) is 2. The lowest BCUT2D eigenvalue weighted by Crippen LogP contribution is -2.48. The van der Waals surface area contributed by atoms with E-state index in [9.17, 15) is 4.79 Å². The number of benzene rings is 2. The highest BCUT2D eigenvalue weighted by Crippen LogP contribution is 2.30. The summed E-state index contributed by atoms with van der Waals surface area (Å²) in [6.07, 6.45) is 0. The van der Waals surface area contributed by atoms with Crippen LogP contribution in [-0.2, 0) is 9.53 Å². The molecular formula is C22H27ClN2O2. The van der Waals surface area contributed by atoms with Crippen LogP contribution in [0.1, 0.15) is 24.1 Å². The number of ketones is 1. The lowest BCUT2D eigenvalue weighted by molar-refractivity contribution is -0.121. The van der Waals surface area contributed by atoms with Crippen LogP contribution >= 0.6 is 11.6 Å². The molecule has 1 fully saturated rings. The van der Waals surface area contributed by atoms with E-state index >= 15 is 0 Å². The van der Waals surface area contributed by atoms with Crippen LogP contribution < -0.4 is 0 Å². The third-order valence-corrected chi connectivity index (χ3v) is 5.18. The quantitative estimate of drug-likeness (QED) is 0.648. The second-order valence-electron chi connectivity index (χ2n) is 7.00. The fraction of sp³-hybridized carbons (Fsp3) is 0.409. The number of halogens is 1. The van der Waals surface area contributed by atoms with Crippen molar-refractivity contribution in [2.45, 2.75) is 13.0 Å². The zero-order valence-electron chi connectivity index (χ0n) is 15.8. The molecule has 1 heterocycles. The minimum Gasteiger partial charge on any atom is -0.372 e. The van der Waals surface area contributed by atoms with Crippen LogP contribution in [0.5, 0.6) is 0 Å². The largest absolute Gasteiger partial charge is 0.372 e. The Bertz CT molecular complexity index is 713. The van der Waals surface area contributed by atoms with Crippen molar-refractivity contribution in [3.05, 3.63) is 70.7 Å². The molecule has 27 heavy (non-hydrogen) atoms. The van der Waals surface area contributed by atoms with Gasteiger partial charge in [0, 0.05) is 37.7 Å². The Balaban J connectivity index is 1.63. The summed E-state index contributed by atoms with van der Waals surface area (Å²) >= 11 is 6.09. The van der Waals surface area contributed by atoms with E-state index in [0.717, 1.165) is 37.7 Å². The van der Waals surface area contributed by atoms with Crippen molar-refractivity contribution in [1.82, 2.24) is 9.80 Å². The van der Waals surface area contributed by atoms with Gasteiger partial charge in [-0.3, -0.25) is 14.6 Å². The maximum atomic E-state index is 10.9. The van der Waals surface area contributed by atoms with Crippen LogP contribution in [0.25, 0.3) is 0 Å². The number of piperazine rings is 1. The van der Waals surface area contributed by atoms with Crippen molar-refractivity contribution in [3.63, 3.8) is 0 Å². The summed E-state index contributed by atoms with van der Waals surface area (Å²) in [5.41, 5.74) is 2.57. The van der Waals surface area contributed by atoms with Crippen LogP contribution in [0.2, 0.25) is 5.02 Å². The van der Waals surface area contributed by atoms with Gasteiger partial charge >= 0.3 is 0 Å². The standard InChI is InChI=1S/C22H27ClN2O2/c1-18(26)17-27-16-15-24-11-13-25(14-12-24)22(19-5-3-2-4-6-19)20-7-9-21(23)10-8-20/h2-10,22H,11-17H2,1H3/t22-/m1/s1. The van der Waals surface area contributed by atoms with E-state index in [-0.39, 0.29) is 18.4 Å². The molecule has 3 rings (SSSR count). The van der Waals surface area contributed by atoms with Crippen LogP contribution in [0.3, 0.4) is 0 Å². The summed E-state index contributed by atoms with van der Waals surface area (Å²) in [7, 11) is 0. The average Bonchev–Trinajstić information content (AvgIpc) is 2.69. The van der Waals surface area contributed by atoms with Gasteiger partial charge in [-0.1, -0.05) is 54.1 Å². The Morgan fingerprint density at radius 3 is 2.26 bits per heavy atom. The molecule has 0 unspecified atom stereocenters. The van der Waals surface area contributed by atoms with E-state index in [2.05, 4.69) is 52.3 Å². The highest BCUT2D eigenvalue weighted by molar-refractivity contribution is 6.30. The minimum atomic E-state index is 0.0773. The monoisotopic (exact) mass is 386 g/mol. The topological polar surface area (TPSA) is 32.8 Å². The first-order valence-electron chi connectivity index (χ1n) is 9.47. The van der Waals surface area contributed by atoms with Crippen molar-refractivity contribution >= 4 is 17.4 Å². The van der Waals surface area contributed by atoms with Gasteiger partial charge in [0.1, 0.15) is 6.61 Å². The summed E-state index contributed by atoms with van der Waals surface area (Å²) < 4.78 is 5.40. The Morgan fingerprint density at radius 2 is 1.63 bits per heavy atom. The summed E-state index contributed by atoms with van der Waals surface area (Å²) in [4.78, 5) is 15.9. The summed E-state index contributed by atoms with van der Waals surface area (Å²) in [5, 5.41) is 0.765. The molecule has 0 radical (unpaired) electrons. The van der Waals surface area contributed by atoms with Crippen LogP contribution in [-0.4, -0.2) is 61.5 Å². The molecule has 144 valence electrons. The predicted molar refractivity (Wildman–Crippen MR) is 109 cm³/mol. The van der Waals surface area contributed by atoms with Crippen LogP contribution in [0, 0.1) is 0 Å². The van der Waals surface area contributed by atoms with Gasteiger partial charge in [0.05, 0.1) is 12.6 Å². The van der Waals surface area contributed by atoms with Crippen molar-refractivity contribution in [2.24, 2.45) is 0 Å². The van der Waals surface area contributed by atoms with Gasteiger partial charge < -0.3 is 4.74 Å². The highest BCUT2D eigenvalue weighted by atomic mass is 35.5. The second-order valence-corrected chi connectivity index (χ2v) is 7.43. The number of carbonyl (C=O) groups excluding carboxylic acids is 1. The Kier molecular flexibility index (Phi) is 7.41. The molecule has 1 aliphatic heterocycles. The molecule has 5 heteroatoms. The first-order chi connectivity index (χ1) is 13.1. The zero-order chi connectivity index (χ0) is 19.1. The Morgan fingerprint density at radius 1 is 1.00 bits per heavy atom. The summed E-state index contributed by atoms with van der Waals surface area (Å²) in [6, 6.07) is 19.1. The number of rotatable bonds is 8. The van der Waals surface area contributed by atoms with Gasteiger partial charge in [0.15, 0.2) is 5.78 Å². The van der Waals surface area contributed by atoms with Crippen molar-refractivity contribution in [1.29, 1.82) is 0 Å². The average molecular weight is 387 g/mol. The van der Waals surface area contributed by atoms with Gasteiger partial charge in [0.25, 0.3) is 0 Å². The fourth-order valence-electron chi connectivity index (χ4n) is 3.55. The molecule has 1 saturated heterocycles. The number of carbonyl (C=O) groups is 1. The SMILES string of the molecule is CC(=O)COCCN1CCN([C@H](c2ccccc2)c2ccc(Cl)cc2)CC1. The normalized spacial score (nSPS) is 17.0. The smallest absolute Gasteiger partial charge is 0.155 e. The molecule has 4 nitrogen and oxygen atoms in total. The fourth-order valence-corrected chi connectivity index (χ4v) is 3.68. The van der Waals surface area contributed by atoms with Gasteiger partial charge in [-0.2, -0.15) is 0 Å². The van der Waals surface area contributed by atoms with E-state index in [0.29, 0.717) is 6.61 Å². The van der Waals surface area contributed by atoms with Gasteiger partial charge in [-0.05, 0) is 30.2 Å². The summed E-state index contributed by atoms with van der Waals surface area (Å²) in [5.74, 6) is 0.0773. The number of hydrogen-bond acceptors (Lipinski definition) is 4. The molecule has 1 aliphatic rings. The molecule has 0 spiro atoms. The number of hydrogen-bond donors (Lipinski definition) is 0. The molecule has 0 aromatic heterocycles. The molecule has 2 aromatic carbocycles. The van der Waals surface area contributed by atoms with Gasteiger partial charge in [0.2, 0.25) is 0 Å². The third-order valence-electron chi connectivity index (χ3n) is 4.93. The Hall–Kier alpha value is -1.72. The van der Waals surface area contributed by atoms with Gasteiger partial charge in [-0.15, -0.1) is 0 Å². The predicted octanol–water partition coefficient (Wildman–Crippen LogP) is 3.65. The highest BCUT2D eigenvalue weighted by Gasteiger charge is 2.26. The van der Waals surface area contributed by atoms with E-state index in [1.807, 2.05) is 12.1 Å². The maximum Gasteiger partial charge on any atom is 0.155 e. The van der Waals surface area contributed by atoms with E-state index in [1.165, 1.54) is 11.1 Å². The molecule has 0 aliphatic carbocycles. The lowest BCUT2D eigenvalue weighted by Gasteiger charge is -2.39. The first-order valence-corrected chi connectivity index (χ1v) is 9.85. The van der Waals surface area contributed by atoms with E-state index in [1.54, 1.807) is 6.92 Å². The van der Waals surface area contributed by atoms with Crippen LogP contribution in [0.4, 0.5) is 0 Å². The van der Waals surface area contributed by atoms with Crippen molar-refractivity contribution in [3.8, 4) is 0 Å². The molecular weight excluding hydrogens is 360 g/mol. The van der Waals surface area contributed by atoms with Gasteiger partial charge in [-0.25, -0.2) is 0 Å². The van der Waals surface area contributed by atoms with Crippen LogP contribution in [0.15, 0.2) is 54.6 Å². The molecule has 0 amide bonds. The zero-order valence-corrected chi connectivity index (χ0v) is 16.6. The molecule has 0 bridgehead atoms. The minimum absolute atomic E-state index is 0.0773. The Labute approximate surface area is 166 Å². The third kappa shape index (κ3) is 5.88. The lowest BCUT2D eigenvalue weighted by atomic mass is 9.96. The molecule has 0 N–H and O–H groups in total. The summed E-state index contributed by atoms with van der Waals surface area (Å²) in [6.45, 7) is 7.24. The maximum absolute atomic E-state index is 10.9. The van der Waals surface area contributed by atoms with E-state index < -0.39 is 0 Å².